The Balaban J connectivity index is 1.25. The minimum absolute atomic E-state index is 0.0800. The van der Waals surface area contributed by atoms with E-state index in [9.17, 15) is 14.4 Å². The molecule has 8 nitrogen and oxygen atoms in total. The van der Waals surface area contributed by atoms with Gasteiger partial charge in [-0.3, -0.25) is 14.3 Å². The Bertz CT molecular complexity index is 1200. The Morgan fingerprint density at radius 1 is 1.03 bits per heavy atom. The number of carbonyl (C=O) groups excluding carboxylic acids is 3. The van der Waals surface area contributed by atoms with Gasteiger partial charge in [-0.05, 0) is 41.5 Å². The summed E-state index contributed by atoms with van der Waals surface area (Å²) < 4.78 is 7.09. The Kier molecular flexibility index (Phi) is 5.20. The fourth-order valence-electron chi connectivity index (χ4n) is 4.64. The number of fused-ring (bicyclic) bond motifs is 3. The second-order valence-corrected chi connectivity index (χ2v) is 8.54. The first-order valence-corrected chi connectivity index (χ1v) is 11.0. The van der Waals surface area contributed by atoms with Crippen molar-refractivity contribution < 1.29 is 19.1 Å². The molecule has 0 bridgehead atoms. The number of aryl methyl sites for hydroxylation is 1. The number of anilines is 1. The van der Waals surface area contributed by atoms with E-state index in [1.165, 1.54) is 4.68 Å². The quantitative estimate of drug-likeness (QED) is 0.568. The number of nitrogens with zero attached hydrogens (tertiary/aromatic N) is 2. The Hall–Kier alpha value is -3.94. The van der Waals surface area contributed by atoms with Crippen molar-refractivity contribution in [3.63, 3.8) is 0 Å². The number of benzene rings is 2. The van der Waals surface area contributed by atoms with E-state index in [2.05, 4.69) is 27.9 Å². The number of rotatable bonds is 6. The summed E-state index contributed by atoms with van der Waals surface area (Å²) in [5, 5.41) is 9.22. The van der Waals surface area contributed by atoms with E-state index in [0.717, 1.165) is 28.7 Å². The van der Waals surface area contributed by atoms with E-state index < -0.39 is 23.3 Å². The van der Waals surface area contributed by atoms with Crippen LogP contribution in [0, 0.1) is 0 Å². The Labute approximate surface area is 190 Å². The summed E-state index contributed by atoms with van der Waals surface area (Å²) in [5.74, 6) is -1.28. The van der Waals surface area contributed by atoms with E-state index in [1.54, 1.807) is 19.3 Å². The van der Waals surface area contributed by atoms with Crippen LogP contribution in [0.4, 0.5) is 10.6 Å². The maximum Gasteiger partial charge on any atom is 0.407 e. The van der Waals surface area contributed by atoms with Crippen molar-refractivity contribution in [2.75, 3.05) is 11.9 Å². The number of ether oxygens (including phenoxy) is 1. The standard InChI is InChI=1S/C25H24N4O4/c1-29-14-11-21(28-29)26-23(31)22(30)25(12-6-13-25)27-24(32)33-15-20-18-9-4-2-7-16(18)17-8-3-5-10-19(17)20/h2-5,7-11,14,20H,6,12-13,15H2,1H3,(H,27,32)(H,26,28,31). The van der Waals surface area contributed by atoms with Gasteiger partial charge in [0.15, 0.2) is 5.82 Å². The lowest BCUT2D eigenvalue weighted by atomic mass is 9.73. The zero-order valence-corrected chi connectivity index (χ0v) is 18.2. The number of Topliss-reactive ketones (excluding diaryl/α,β-unsaturated/α-hetero) is 1. The average molecular weight is 444 g/mol. The molecule has 0 atom stereocenters. The van der Waals surface area contributed by atoms with Crippen molar-refractivity contribution in [3.05, 3.63) is 71.9 Å². The van der Waals surface area contributed by atoms with E-state index in [4.69, 9.17) is 4.74 Å². The summed E-state index contributed by atoms with van der Waals surface area (Å²) in [6.07, 6.45) is 2.49. The Morgan fingerprint density at radius 3 is 2.21 bits per heavy atom. The topological polar surface area (TPSA) is 102 Å². The first-order chi connectivity index (χ1) is 16.0. The molecule has 2 aromatic carbocycles. The van der Waals surface area contributed by atoms with Gasteiger partial charge in [-0.25, -0.2) is 4.79 Å². The molecule has 168 valence electrons. The maximum atomic E-state index is 12.9. The highest BCUT2D eigenvalue weighted by molar-refractivity contribution is 6.44. The van der Waals surface area contributed by atoms with E-state index in [0.29, 0.717) is 12.8 Å². The van der Waals surface area contributed by atoms with E-state index >= 15 is 0 Å². The summed E-state index contributed by atoms with van der Waals surface area (Å²) in [7, 11) is 1.71. The minimum atomic E-state index is -1.23. The minimum Gasteiger partial charge on any atom is -0.449 e. The molecule has 0 unspecified atom stereocenters. The maximum absolute atomic E-state index is 12.9. The third kappa shape index (κ3) is 3.77. The number of carbonyl (C=O) groups is 3. The molecule has 1 heterocycles. The predicted molar refractivity (Wildman–Crippen MR) is 122 cm³/mol. The summed E-state index contributed by atoms with van der Waals surface area (Å²) in [6.45, 7) is 0.143. The second kappa shape index (κ2) is 8.20. The first kappa shape index (κ1) is 20.9. The number of alkyl carbamates (subject to hydrolysis) is 1. The monoisotopic (exact) mass is 444 g/mol. The summed E-state index contributed by atoms with van der Waals surface area (Å²) in [6, 6.07) is 17.7. The van der Waals surface area contributed by atoms with Crippen LogP contribution in [0.15, 0.2) is 60.8 Å². The molecule has 0 spiro atoms. The predicted octanol–water partition coefficient (Wildman–Crippen LogP) is 3.39. The van der Waals surface area contributed by atoms with Gasteiger partial charge in [0.05, 0.1) is 0 Å². The highest BCUT2D eigenvalue weighted by atomic mass is 16.5. The Morgan fingerprint density at radius 2 is 1.67 bits per heavy atom. The molecule has 2 amide bonds. The van der Waals surface area contributed by atoms with Crippen LogP contribution in [0.5, 0.6) is 0 Å². The molecule has 3 aromatic rings. The summed E-state index contributed by atoms with van der Waals surface area (Å²) >= 11 is 0. The average Bonchev–Trinajstić information content (AvgIpc) is 3.35. The molecule has 0 radical (unpaired) electrons. The van der Waals surface area contributed by atoms with Crippen molar-refractivity contribution >= 4 is 23.6 Å². The molecule has 8 heteroatoms. The molecule has 2 N–H and O–H groups in total. The molecule has 0 saturated heterocycles. The molecule has 1 saturated carbocycles. The number of aromatic nitrogens is 2. The van der Waals surface area contributed by atoms with E-state index in [1.807, 2.05) is 36.4 Å². The first-order valence-electron chi connectivity index (χ1n) is 11.0. The molecule has 1 aromatic heterocycles. The molecule has 2 aliphatic rings. The van der Waals surface area contributed by atoms with Crippen LogP contribution in [-0.4, -0.2) is 39.7 Å². The van der Waals surface area contributed by atoms with E-state index in [-0.39, 0.29) is 18.3 Å². The third-order valence-corrected chi connectivity index (χ3v) is 6.49. The van der Waals surface area contributed by atoms with Crippen molar-refractivity contribution in [2.24, 2.45) is 7.05 Å². The van der Waals surface area contributed by atoms with Gasteiger partial charge in [-0.1, -0.05) is 48.5 Å². The summed E-state index contributed by atoms with van der Waals surface area (Å²) in [4.78, 5) is 38.0. The lowest BCUT2D eigenvalue weighted by molar-refractivity contribution is -0.141. The largest absolute Gasteiger partial charge is 0.449 e. The number of amides is 2. The van der Waals surface area contributed by atoms with Crippen molar-refractivity contribution in [2.45, 2.75) is 30.7 Å². The third-order valence-electron chi connectivity index (χ3n) is 6.49. The SMILES string of the molecule is Cn1ccc(NC(=O)C(=O)C2(NC(=O)OCC3c4ccccc4-c4ccccc43)CCC2)n1. The van der Waals surface area contributed by atoms with Crippen molar-refractivity contribution in [1.29, 1.82) is 0 Å². The van der Waals surface area contributed by atoms with Crippen LogP contribution < -0.4 is 10.6 Å². The summed E-state index contributed by atoms with van der Waals surface area (Å²) in [5.41, 5.74) is 3.26. The van der Waals surface area contributed by atoms with Crippen LogP contribution in [0.25, 0.3) is 11.1 Å². The number of hydrogen-bond donors (Lipinski definition) is 2. The van der Waals surface area contributed by atoms with Gasteiger partial charge >= 0.3 is 6.09 Å². The zero-order valence-electron chi connectivity index (χ0n) is 18.2. The van der Waals surface area contributed by atoms with Gasteiger partial charge in [-0.15, -0.1) is 0 Å². The second-order valence-electron chi connectivity index (χ2n) is 8.54. The highest BCUT2D eigenvalue weighted by Gasteiger charge is 2.49. The molecule has 0 aliphatic heterocycles. The number of nitrogens with one attached hydrogen (secondary N) is 2. The number of ketones is 1. The van der Waals surface area contributed by atoms with Crippen LogP contribution in [0.2, 0.25) is 0 Å². The van der Waals surface area contributed by atoms with Crippen LogP contribution in [0.1, 0.15) is 36.3 Å². The zero-order chi connectivity index (χ0) is 23.0. The van der Waals surface area contributed by atoms with Gasteiger partial charge in [0.1, 0.15) is 12.1 Å². The van der Waals surface area contributed by atoms with Gasteiger partial charge in [0, 0.05) is 25.2 Å². The lowest BCUT2D eigenvalue weighted by Gasteiger charge is -2.39. The van der Waals surface area contributed by atoms with Gasteiger partial charge in [-0.2, -0.15) is 5.10 Å². The molecule has 2 aliphatic carbocycles. The van der Waals surface area contributed by atoms with Gasteiger partial charge < -0.3 is 15.4 Å². The van der Waals surface area contributed by atoms with Gasteiger partial charge in [0.25, 0.3) is 5.91 Å². The molecule has 1 fully saturated rings. The number of hydrogen-bond acceptors (Lipinski definition) is 5. The lowest BCUT2D eigenvalue weighted by Crippen LogP contribution is -2.62. The molecular formula is C25H24N4O4. The molecule has 33 heavy (non-hydrogen) atoms. The smallest absolute Gasteiger partial charge is 0.407 e. The van der Waals surface area contributed by atoms with Crippen LogP contribution in [0.3, 0.4) is 0 Å². The normalized spacial score (nSPS) is 15.7. The fourth-order valence-corrected chi connectivity index (χ4v) is 4.64. The van der Waals surface area contributed by atoms with Crippen molar-refractivity contribution in [1.82, 2.24) is 15.1 Å². The highest BCUT2D eigenvalue weighted by Crippen LogP contribution is 2.44. The fraction of sp³-hybridized carbons (Fsp3) is 0.280. The van der Waals surface area contributed by atoms with Crippen LogP contribution >= 0.6 is 0 Å². The molecular weight excluding hydrogens is 420 g/mol. The molecule has 5 rings (SSSR count). The van der Waals surface area contributed by atoms with Crippen molar-refractivity contribution in [3.8, 4) is 11.1 Å². The van der Waals surface area contributed by atoms with Crippen LogP contribution in [-0.2, 0) is 21.4 Å². The van der Waals surface area contributed by atoms with Gasteiger partial charge in [0.2, 0.25) is 5.78 Å².